The molecular formula is C14H23N3O. The highest BCUT2D eigenvalue weighted by Crippen LogP contribution is 2.37. The van der Waals surface area contributed by atoms with E-state index in [-0.39, 0.29) is 0 Å². The Labute approximate surface area is 109 Å². The maximum Gasteiger partial charge on any atom is 0.218 e. The summed E-state index contributed by atoms with van der Waals surface area (Å²) in [6.45, 7) is 6.12. The molecular weight excluding hydrogens is 226 g/mol. The monoisotopic (exact) mass is 249 g/mol. The fraction of sp³-hybridized carbons (Fsp3) is 0.714. The molecule has 4 nitrogen and oxygen atoms in total. The van der Waals surface area contributed by atoms with E-state index in [9.17, 15) is 0 Å². The lowest BCUT2D eigenvalue weighted by molar-refractivity contribution is 0.304. The highest BCUT2D eigenvalue weighted by molar-refractivity contribution is 5.37. The van der Waals surface area contributed by atoms with E-state index in [1.807, 2.05) is 6.07 Å². The van der Waals surface area contributed by atoms with E-state index in [0.717, 1.165) is 18.8 Å². The second-order valence-electron chi connectivity index (χ2n) is 5.46. The quantitative estimate of drug-likeness (QED) is 0.840. The standard InChI is InChI=1S/C14H23N3O/c1-3-8-18-13-9-12(16-11-17-13)15-10-14(2)6-4-5-7-14/h9,11H,3-8,10H2,1-2H3,(H,15,16,17). The number of aromatic nitrogens is 2. The molecule has 0 spiro atoms. The summed E-state index contributed by atoms with van der Waals surface area (Å²) >= 11 is 0. The van der Waals surface area contributed by atoms with Crippen LogP contribution in [-0.4, -0.2) is 23.1 Å². The number of anilines is 1. The number of ether oxygens (including phenoxy) is 1. The first-order valence-corrected chi connectivity index (χ1v) is 6.91. The van der Waals surface area contributed by atoms with Crippen LogP contribution in [0.4, 0.5) is 5.82 Å². The second kappa shape index (κ2) is 6.03. The Morgan fingerprint density at radius 1 is 1.33 bits per heavy atom. The number of hydrogen-bond acceptors (Lipinski definition) is 4. The summed E-state index contributed by atoms with van der Waals surface area (Å²) in [5, 5.41) is 3.41. The maximum absolute atomic E-state index is 5.50. The van der Waals surface area contributed by atoms with Crippen molar-refractivity contribution in [1.29, 1.82) is 0 Å². The first-order chi connectivity index (χ1) is 8.72. The van der Waals surface area contributed by atoms with Gasteiger partial charge in [0.05, 0.1) is 6.61 Å². The lowest BCUT2D eigenvalue weighted by Gasteiger charge is -2.23. The third-order valence-electron chi connectivity index (χ3n) is 3.60. The minimum atomic E-state index is 0.426. The van der Waals surface area contributed by atoms with Gasteiger partial charge in [-0.2, -0.15) is 0 Å². The summed E-state index contributed by atoms with van der Waals surface area (Å²) in [7, 11) is 0. The lowest BCUT2D eigenvalue weighted by Crippen LogP contribution is -2.23. The van der Waals surface area contributed by atoms with Crippen LogP contribution in [0.5, 0.6) is 5.88 Å². The molecule has 0 atom stereocenters. The van der Waals surface area contributed by atoms with Crippen molar-refractivity contribution in [1.82, 2.24) is 9.97 Å². The molecule has 0 saturated heterocycles. The van der Waals surface area contributed by atoms with Gasteiger partial charge in [-0.15, -0.1) is 0 Å². The van der Waals surface area contributed by atoms with Gasteiger partial charge in [0.15, 0.2) is 0 Å². The maximum atomic E-state index is 5.50. The van der Waals surface area contributed by atoms with E-state index in [1.165, 1.54) is 25.7 Å². The molecule has 100 valence electrons. The third-order valence-corrected chi connectivity index (χ3v) is 3.60. The fourth-order valence-corrected chi connectivity index (χ4v) is 2.43. The number of nitrogens with zero attached hydrogens (tertiary/aromatic N) is 2. The molecule has 1 aromatic rings. The number of nitrogens with one attached hydrogen (secondary N) is 1. The smallest absolute Gasteiger partial charge is 0.218 e. The van der Waals surface area contributed by atoms with E-state index >= 15 is 0 Å². The van der Waals surface area contributed by atoms with Gasteiger partial charge in [0.25, 0.3) is 0 Å². The Bertz CT molecular complexity index is 375. The molecule has 0 bridgehead atoms. The van der Waals surface area contributed by atoms with E-state index in [4.69, 9.17) is 4.74 Å². The Kier molecular flexibility index (Phi) is 4.39. The van der Waals surface area contributed by atoms with Crippen molar-refractivity contribution in [3.63, 3.8) is 0 Å². The molecule has 1 heterocycles. The molecule has 1 aromatic heterocycles. The molecule has 1 fully saturated rings. The van der Waals surface area contributed by atoms with Crippen molar-refractivity contribution in [2.24, 2.45) is 5.41 Å². The zero-order valence-corrected chi connectivity index (χ0v) is 11.4. The first-order valence-electron chi connectivity index (χ1n) is 6.91. The lowest BCUT2D eigenvalue weighted by atomic mass is 9.89. The number of hydrogen-bond donors (Lipinski definition) is 1. The van der Waals surface area contributed by atoms with Crippen molar-refractivity contribution in [2.75, 3.05) is 18.5 Å². The molecule has 1 aliphatic carbocycles. The predicted molar refractivity (Wildman–Crippen MR) is 72.9 cm³/mol. The summed E-state index contributed by atoms with van der Waals surface area (Å²) in [4.78, 5) is 8.34. The van der Waals surface area contributed by atoms with Gasteiger partial charge in [0, 0.05) is 12.6 Å². The van der Waals surface area contributed by atoms with Crippen molar-refractivity contribution in [3.05, 3.63) is 12.4 Å². The van der Waals surface area contributed by atoms with E-state index in [0.29, 0.717) is 17.9 Å². The molecule has 1 aliphatic rings. The van der Waals surface area contributed by atoms with E-state index < -0.39 is 0 Å². The summed E-state index contributed by atoms with van der Waals surface area (Å²) in [6, 6.07) is 1.88. The van der Waals surface area contributed by atoms with Gasteiger partial charge in [0.2, 0.25) is 5.88 Å². The largest absolute Gasteiger partial charge is 0.478 e. The summed E-state index contributed by atoms with van der Waals surface area (Å²) in [6.07, 6.45) is 7.88. The molecule has 0 unspecified atom stereocenters. The van der Waals surface area contributed by atoms with Crippen LogP contribution in [0.3, 0.4) is 0 Å². The predicted octanol–water partition coefficient (Wildman–Crippen LogP) is 3.26. The van der Waals surface area contributed by atoms with Crippen molar-refractivity contribution in [2.45, 2.75) is 46.0 Å². The SMILES string of the molecule is CCCOc1cc(NCC2(C)CCCC2)ncn1. The van der Waals surface area contributed by atoms with Gasteiger partial charge in [-0.05, 0) is 24.7 Å². The van der Waals surface area contributed by atoms with Crippen molar-refractivity contribution >= 4 is 5.82 Å². The Hall–Kier alpha value is -1.32. The average molecular weight is 249 g/mol. The minimum Gasteiger partial charge on any atom is -0.478 e. The van der Waals surface area contributed by atoms with Crippen LogP contribution >= 0.6 is 0 Å². The van der Waals surface area contributed by atoms with Gasteiger partial charge in [-0.1, -0.05) is 26.7 Å². The van der Waals surface area contributed by atoms with Gasteiger partial charge in [-0.3, -0.25) is 0 Å². The number of rotatable bonds is 6. The van der Waals surface area contributed by atoms with Crippen LogP contribution in [0.15, 0.2) is 12.4 Å². The van der Waals surface area contributed by atoms with Crippen LogP contribution in [0.25, 0.3) is 0 Å². The van der Waals surface area contributed by atoms with E-state index in [1.54, 1.807) is 6.33 Å². The van der Waals surface area contributed by atoms with Crippen LogP contribution in [0.1, 0.15) is 46.0 Å². The highest BCUT2D eigenvalue weighted by Gasteiger charge is 2.28. The Morgan fingerprint density at radius 3 is 2.83 bits per heavy atom. The zero-order chi connectivity index (χ0) is 12.8. The molecule has 0 aliphatic heterocycles. The topological polar surface area (TPSA) is 47.0 Å². The van der Waals surface area contributed by atoms with Crippen molar-refractivity contribution in [3.8, 4) is 5.88 Å². The van der Waals surface area contributed by atoms with Crippen LogP contribution in [0, 0.1) is 5.41 Å². The first kappa shape index (κ1) is 13.1. The highest BCUT2D eigenvalue weighted by atomic mass is 16.5. The summed E-state index contributed by atoms with van der Waals surface area (Å²) in [5.41, 5.74) is 0.426. The van der Waals surface area contributed by atoms with Gasteiger partial charge < -0.3 is 10.1 Å². The van der Waals surface area contributed by atoms with Crippen LogP contribution in [-0.2, 0) is 0 Å². The van der Waals surface area contributed by atoms with Gasteiger partial charge >= 0.3 is 0 Å². The van der Waals surface area contributed by atoms with Crippen LogP contribution < -0.4 is 10.1 Å². The minimum absolute atomic E-state index is 0.426. The molecule has 4 heteroatoms. The molecule has 0 aromatic carbocycles. The molecule has 18 heavy (non-hydrogen) atoms. The summed E-state index contributed by atoms with van der Waals surface area (Å²) in [5.74, 6) is 1.52. The Balaban J connectivity index is 1.88. The van der Waals surface area contributed by atoms with Gasteiger partial charge in [-0.25, -0.2) is 9.97 Å². The second-order valence-corrected chi connectivity index (χ2v) is 5.46. The third kappa shape index (κ3) is 3.59. The van der Waals surface area contributed by atoms with Crippen molar-refractivity contribution < 1.29 is 4.74 Å². The van der Waals surface area contributed by atoms with Crippen LogP contribution in [0.2, 0.25) is 0 Å². The van der Waals surface area contributed by atoms with Gasteiger partial charge in [0.1, 0.15) is 12.1 Å². The molecule has 0 radical (unpaired) electrons. The summed E-state index contributed by atoms with van der Waals surface area (Å²) < 4.78 is 5.50. The van der Waals surface area contributed by atoms with E-state index in [2.05, 4.69) is 29.1 Å². The Morgan fingerprint density at radius 2 is 2.11 bits per heavy atom. The molecule has 1 N–H and O–H groups in total. The zero-order valence-electron chi connectivity index (χ0n) is 11.4. The normalized spacial score (nSPS) is 17.7. The molecule has 0 amide bonds. The fourth-order valence-electron chi connectivity index (χ4n) is 2.43. The molecule has 2 rings (SSSR count). The average Bonchev–Trinajstić information content (AvgIpc) is 2.82. The molecule has 1 saturated carbocycles.